The van der Waals surface area contributed by atoms with Crippen LogP contribution in [0.5, 0.6) is 11.5 Å². The summed E-state index contributed by atoms with van der Waals surface area (Å²) in [6.07, 6.45) is 17.4. The van der Waals surface area contributed by atoms with E-state index in [9.17, 15) is 20.4 Å². The second-order valence-electron chi connectivity index (χ2n) is 16.1. The van der Waals surface area contributed by atoms with Gasteiger partial charge in [0, 0.05) is 50.9 Å². The summed E-state index contributed by atoms with van der Waals surface area (Å²) in [6, 6.07) is 6.22. The van der Waals surface area contributed by atoms with Crippen molar-refractivity contribution in [1.29, 1.82) is 0 Å². The van der Waals surface area contributed by atoms with E-state index in [0.29, 0.717) is 43.0 Å². The van der Waals surface area contributed by atoms with Gasteiger partial charge in [-0.15, -0.1) is 4.99 Å². The number of aromatic hydroxyl groups is 1. The van der Waals surface area contributed by atoms with Crippen molar-refractivity contribution >= 4 is 5.71 Å². The van der Waals surface area contributed by atoms with Crippen molar-refractivity contribution in [2.24, 2.45) is 28.5 Å². The molecule has 11 heteroatoms. The van der Waals surface area contributed by atoms with Gasteiger partial charge in [0.25, 0.3) is 0 Å². The zero-order chi connectivity index (χ0) is 38.5. The molecule has 0 radical (unpaired) electrons. The summed E-state index contributed by atoms with van der Waals surface area (Å²) in [6.45, 7) is 3.25. The molecular formula is C43H68N4O7. The molecule has 0 aromatic heterocycles. The number of nitrogens with two attached hydrogens (primary N) is 1. The van der Waals surface area contributed by atoms with E-state index in [-0.39, 0.29) is 49.7 Å². The minimum Gasteiger partial charge on any atom is -0.592 e. The number of aliphatic imine (C=N–C) groups is 1. The Morgan fingerprint density at radius 3 is 2.65 bits per heavy atom. The van der Waals surface area contributed by atoms with E-state index in [2.05, 4.69) is 16.7 Å². The topological polar surface area (TPSA) is 182 Å². The molecule has 2 aliphatic heterocycles. The van der Waals surface area contributed by atoms with Crippen molar-refractivity contribution in [3.05, 3.63) is 59.2 Å². The number of nitrogens with zero attached hydrogens (tertiary/aromatic N) is 1. The third-order valence-corrected chi connectivity index (χ3v) is 11.9. The zero-order valence-electron chi connectivity index (χ0n) is 32.7. The lowest BCUT2D eigenvalue weighted by Crippen LogP contribution is -2.49. The van der Waals surface area contributed by atoms with Crippen LogP contribution in [0.2, 0.25) is 0 Å². The van der Waals surface area contributed by atoms with Crippen LogP contribution in [-0.2, 0) is 11.2 Å². The Morgan fingerprint density at radius 1 is 1.06 bits per heavy atom. The summed E-state index contributed by atoms with van der Waals surface area (Å²) >= 11 is 0. The van der Waals surface area contributed by atoms with E-state index in [1.807, 2.05) is 32.2 Å². The first-order valence-electron chi connectivity index (χ1n) is 20.8. The van der Waals surface area contributed by atoms with E-state index >= 15 is 0 Å². The van der Waals surface area contributed by atoms with E-state index in [0.717, 1.165) is 93.7 Å². The number of likely N-dealkylation sites (N-methyl/N-ethyl adjacent to an activating group) is 1. The molecule has 8 unspecified atom stereocenters. The highest BCUT2D eigenvalue weighted by molar-refractivity contribution is 6.04. The number of aryl methyl sites for hydroxylation is 1. The lowest BCUT2D eigenvalue weighted by molar-refractivity contribution is 0.120. The highest BCUT2D eigenvalue weighted by Crippen LogP contribution is 2.49. The van der Waals surface area contributed by atoms with Crippen LogP contribution in [0.3, 0.4) is 0 Å². The van der Waals surface area contributed by atoms with Gasteiger partial charge < -0.3 is 51.4 Å². The quantitative estimate of drug-likeness (QED) is 0.0547. The monoisotopic (exact) mass is 753 g/mol. The number of allylic oxidation sites excluding steroid dienone is 1. The Labute approximate surface area is 323 Å². The Balaban J connectivity index is 1.12. The van der Waals surface area contributed by atoms with Crippen LogP contribution in [0, 0.1) is 29.7 Å². The molecule has 0 spiro atoms. The second kappa shape index (κ2) is 21.5. The molecule has 2 fully saturated rings. The molecule has 2 saturated carbocycles. The number of aliphatic hydroxyl groups is 4. The molecule has 5 rings (SSSR count). The molecule has 1 aromatic rings. The van der Waals surface area contributed by atoms with Crippen LogP contribution in [0.15, 0.2) is 46.7 Å². The first-order valence-corrected chi connectivity index (χ1v) is 20.8. The smallest absolute Gasteiger partial charge is 0.189 e. The average molecular weight is 753 g/mol. The fraction of sp³-hybridized carbons (Fsp3) is 0.698. The van der Waals surface area contributed by atoms with Gasteiger partial charge in [-0.2, -0.15) is 12.0 Å². The fourth-order valence-corrected chi connectivity index (χ4v) is 9.04. The summed E-state index contributed by atoms with van der Waals surface area (Å²) in [5, 5.41) is 58.0. The number of ether oxygens (including phenoxy) is 2. The number of phenolic OH excluding ortho intramolecular Hbond substituents is 1. The fourth-order valence-electron chi connectivity index (χ4n) is 9.04. The molecule has 2 heterocycles. The van der Waals surface area contributed by atoms with Crippen LogP contribution in [0.4, 0.5) is 0 Å². The lowest BCUT2D eigenvalue weighted by Gasteiger charge is -2.32. The molecule has 1 aromatic carbocycles. The van der Waals surface area contributed by atoms with Gasteiger partial charge in [-0.1, -0.05) is 56.8 Å². The van der Waals surface area contributed by atoms with Gasteiger partial charge in [0.2, 0.25) is 0 Å². The predicted molar refractivity (Wildman–Crippen MR) is 213 cm³/mol. The van der Waals surface area contributed by atoms with E-state index < -0.39 is 12.2 Å². The number of unbranched alkanes of at least 4 members (excludes halogenated alkanes) is 3. The Kier molecular flexibility index (Phi) is 16.9. The number of hydrogen-bond donors (Lipinski definition) is 8. The highest BCUT2D eigenvalue weighted by atomic mass is 16.5. The first kappa shape index (κ1) is 42.4. The first-order chi connectivity index (χ1) is 26.2. The molecule has 2 aliphatic carbocycles. The van der Waals surface area contributed by atoms with E-state index in [4.69, 9.17) is 25.3 Å². The van der Waals surface area contributed by atoms with Crippen molar-refractivity contribution in [3.8, 4) is 11.5 Å². The van der Waals surface area contributed by atoms with Crippen LogP contribution in [0.1, 0.15) is 102 Å². The maximum Gasteiger partial charge on any atom is 0.189 e. The summed E-state index contributed by atoms with van der Waals surface area (Å²) < 4.78 is 12.3. The van der Waals surface area contributed by atoms with Crippen molar-refractivity contribution in [2.75, 3.05) is 40.0 Å². The molecule has 9 N–H and O–H groups in total. The highest BCUT2D eigenvalue weighted by Gasteiger charge is 2.50. The third kappa shape index (κ3) is 11.9. The molecule has 54 heavy (non-hydrogen) atoms. The minimum absolute atomic E-state index is 0.0167. The molecule has 302 valence electrons. The van der Waals surface area contributed by atoms with Crippen LogP contribution in [0.25, 0.3) is 0 Å². The van der Waals surface area contributed by atoms with Gasteiger partial charge >= 0.3 is 0 Å². The normalized spacial score (nSPS) is 24.5. The van der Waals surface area contributed by atoms with Gasteiger partial charge in [-0.05, 0) is 88.4 Å². The van der Waals surface area contributed by atoms with Crippen molar-refractivity contribution in [2.45, 2.75) is 134 Å². The van der Waals surface area contributed by atoms with Gasteiger partial charge in [-0.3, -0.25) is 0 Å². The van der Waals surface area contributed by atoms with Gasteiger partial charge in [0.05, 0.1) is 18.1 Å². The lowest BCUT2D eigenvalue weighted by atomic mass is 9.75. The van der Waals surface area contributed by atoms with Gasteiger partial charge in [0.15, 0.2) is 29.4 Å². The molecular weight excluding hydrogens is 684 g/mol. The minimum atomic E-state index is -0.955. The van der Waals surface area contributed by atoms with E-state index in [1.165, 1.54) is 24.8 Å². The van der Waals surface area contributed by atoms with Crippen molar-refractivity contribution in [1.82, 2.24) is 10.6 Å². The molecule has 0 bridgehead atoms. The Hall–Kier alpha value is -2.77. The largest absolute Gasteiger partial charge is 0.592 e. The summed E-state index contributed by atoms with van der Waals surface area (Å²) in [4.78, 5) is 4.98. The Morgan fingerprint density at radius 2 is 1.87 bits per heavy atom. The van der Waals surface area contributed by atoms with Gasteiger partial charge in [0.1, 0.15) is 12.2 Å². The molecule has 0 saturated heterocycles. The molecule has 4 aliphatic rings. The van der Waals surface area contributed by atoms with Gasteiger partial charge in [-0.25, -0.2) is 0 Å². The molecule has 8 atom stereocenters. The van der Waals surface area contributed by atoms with Crippen molar-refractivity contribution < 1.29 is 35.0 Å². The maximum absolute atomic E-state index is 11.3. The maximum atomic E-state index is 11.3. The molecule has 0 amide bonds. The Bertz CT molecular complexity index is 1390. The van der Waals surface area contributed by atoms with E-state index in [1.54, 1.807) is 6.07 Å². The summed E-state index contributed by atoms with van der Waals surface area (Å²) in [5.74, 6) is 3.54. The number of benzene rings is 1. The number of aliphatic hydroxyl groups excluding tert-OH is 4. The SMILES string of the molecule is CNCC(NCC(C)O)C1C2=C[C+](C(O)COc3cc(CCC4=C[C-](CO)C(CCCCCCC(N)CCCO)O4)ccc3O)N=C2CCC2CCCC21. The number of phenols is 1. The summed E-state index contributed by atoms with van der Waals surface area (Å²) in [7, 11) is 1.97. The average Bonchev–Trinajstić information content (AvgIpc) is 3.89. The standard InChI is InChI=1S/C43H68N4O7/c1-28(50)24-46-38(25-45-2)43-34-12-7-9-30(34)16-18-36-35(43)23-37(47-36)40(52)27-53-42-21-29(15-19-39(42)51)14-17-33-22-31(26-49)41(54-33)13-6-4-3-5-10-32(44)11-8-20-48/h15,19,21-23,28,30,32,34,38,40-41,43,45-46,48-52H,3-14,16-18,20,24-27,44H2,1-2H3. The van der Waals surface area contributed by atoms with Crippen LogP contribution in [-0.4, -0.2) is 102 Å². The molecule has 11 nitrogen and oxygen atoms in total. The second-order valence-corrected chi connectivity index (χ2v) is 16.1. The van der Waals surface area contributed by atoms with Crippen molar-refractivity contribution in [3.63, 3.8) is 0 Å². The number of hydrogen-bond acceptors (Lipinski definition) is 11. The zero-order valence-corrected chi connectivity index (χ0v) is 32.7. The number of nitrogens with one attached hydrogen (secondary N) is 2. The number of rotatable bonds is 24. The summed E-state index contributed by atoms with van der Waals surface area (Å²) in [5.41, 5.74) is 9.36. The van der Waals surface area contributed by atoms with Crippen LogP contribution < -0.4 is 21.1 Å². The van der Waals surface area contributed by atoms with Crippen LogP contribution >= 0.6 is 0 Å². The predicted octanol–water partition coefficient (Wildman–Crippen LogP) is 4.65. The number of fused-ring (bicyclic) bond motifs is 2. The third-order valence-electron chi connectivity index (χ3n) is 11.9.